The summed E-state index contributed by atoms with van der Waals surface area (Å²) in [5, 5.41) is 0. The predicted octanol–water partition coefficient (Wildman–Crippen LogP) is 3.34. The minimum atomic E-state index is -0.108. The van der Waals surface area contributed by atoms with E-state index in [2.05, 4.69) is 18.7 Å². The first-order valence-electron chi connectivity index (χ1n) is 7.43. The first-order valence-corrected chi connectivity index (χ1v) is 7.43. The van der Waals surface area contributed by atoms with E-state index in [4.69, 9.17) is 5.73 Å². The molecule has 1 saturated carbocycles. The third-order valence-corrected chi connectivity index (χ3v) is 3.93. The number of anilines is 1. The minimum absolute atomic E-state index is 0.108. The van der Waals surface area contributed by atoms with Crippen LogP contribution in [0.5, 0.6) is 0 Å². The van der Waals surface area contributed by atoms with Crippen molar-refractivity contribution in [1.29, 1.82) is 0 Å². The second-order valence-electron chi connectivity index (χ2n) is 5.64. The van der Waals surface area contributed by atoms with Gasteiger partial charge in [0.1, 0.15) is 5.82 Å². The van der Waals surface area contributed by atoms with Crippen LogP contribution in [0.25, 0.3) is 0 Å². The molecule has 1 atom stereocenters. The monoisotopic (exact) mass is 264 g/mol. The van der Waals surface area contributed by atoms with E-state index in [0.29, 0.717) is 0 Å². The van der Waals surface area contributed by atoms with Crippen LogP contribution in [0, 0.1) is 11.7 Å². The van der Waals surface area contributed by atoms with Crippen molar-refractivity contribution in [2.75, 3.05) is 18.0 Å². The van der Waals surface area contributed by atoms with Crippen molar-refractivity contribution >= 4 is 5.69 Å². The molecule has 1 aromatic rings. The van der Waals surface area contributed by atoms with Gasteiger partial charge >= 0.3 is 0 Å². The third kappa shape index (κ3) is 3.93. The Labute approximate surface area is 115 Å². The topological polar surface area (TPSA) is 29.3 Å². The molecule has 2 nitrogen and oxygen atoms in total. The van der Waals surface area contributed by atoms with Crippen molar-refractivity contribution in [3.8, 4) is 0 Å². The highest BCUT2D eigenvalue weighted by Crippen LogP contribution is 2.32. The highest BCUT2D eigenvalue weighted by Gasteiger charge is 2.24. The van der Waals surface area contributed by atoms with Crippen LogP contribution >= 0.6 is 0 Å². The molecule has 0 heterocycles. The highest BCUT2D eigenvalue weighted by atomic mass is 19.1. The maximum absolute atomic E-state index is 14.2. The summed E-state index contributed by atoms with van der Waals surface area (Å²) in [5.74, 6) is 0.663. The molecule has 19 heavy (non-hydrogen) atoms. The summed E-state index contributed by atoms with van der Waals surface area (Å²) in [6, 6.07) is 5.71. The fourth-order valence-corrected chi connectivity index (χ4v) is 2.39. The molecule has 1 unspecified atom stereocenters. The van der Waals surface area contributed by atoms with Gasteiger partial charge in [0.2, 0.25) is 0 Å². The van der Waals surface area contributed by atoms with E-state index >= 15 is 0 Å². The van der Waals surface area contributed by atoms with Crippen molar-refractivity contribution < 1.29 is 4.39 Å². The average molecular weight is 264 g/mol. The molecule has 2 rings (SSSR count). The second-order valence-corrected chi connectivity index (χ2v) is 5.64. The molecule has 1 aromatic carbocycles. The summed E-state index contributed by atoms with van der Waals surface area (Å²) >= 11 is 0. The lowest BCUT2D eigenvalue weighted by Crippen LogP contribution is -2.26. The average Bonchev–Trinajstić information content (AvgIpc) is 3.20. The molecule has 1 aliphatic rings. The summed E-state index contributed by atoms with van der Waals surface area (Å²) in [4.78, 5) is 2.15. The van der Waals surface area contributed by atoms with E-state index < -0.39 is 0 Å². The van der Waals surface area contributed by atoms with Gasteiger partial charge in [0.05, 0.1) is 5.69 Å². The van der Waals surface area contributed by atoms with E-state index in [-0.39, 0.29) is 11.9 Å². The zero-order valence-corrected chi connectivity index (χ0v) is 12.0. The van der Waals surface area contributed by atoms with Gasteiger partial charge in [-0.25, -0.2) is 4.39 Å². The Morgan fingerprint density at radius 2 is 2.11 bits per heavy atom. The largest absolute Gasteiger partial charge is 0.369 e. The van der Waals surface area contributed by atoms with Gasteiger partial charge in [-0.15, -0.1) is 0 Å². The standard InChI is InChI=1S/C16H25FN2/c1-3-14(18)9-13-7-8-16(15(17)10-13)19(4-2)11-12-5-6-12/h7-8,10,12,14H,3-6,9,11,18H2,1-2H3. The quantitative estimate of drug-likeness (QED) is 0.818. The lowest BCUT2D eigenvalue weighted by molar-refractivity contribution is 0.604. The number of hydrogen-bond donors (Lipinski definition) is 1. The number of nitrogens with two attached hydrogens (primary N) is 1. The number of rotatable bonds is 7. The van der Waals surface area contributed by atoms with Gasteiger partial charge < -0.3 is 10.6 Å². The van der Waals surface area contributed by atoms with Crippen molar-refractivity contribution in [1.82, 2.24) is 0 Å². The van der Waals surface area contributed by atoms with Crippen LogP contribution in [-0.2, 0) is 6.42 Å². The van der Waals surface area contributed by atoms with Crippen molar-refractivity contribution in [3.05, 3.63) is 29.6 Å². The first-order chi connectivity index (χ1) is 9.13. The molecule has 3 heteroatoms. The fourth-order valence-electron chi connectivity index (χ4n) is 2.39. The van der Waals surface area contributed by atoms with Crippen LogP contribution in [0.3, 0.4) is 0 Å². The molecule has 0 aliphatic heterocycles. The Morgan fingerprint density at radius 1 is 1.37 bits per heavy atom. The van der Waals surface area contributed by atoms with Crippen LogP contribution in [-0.4, -0.2) is 19.1 Å². The molecule has 0 saturated heterocycles. The Kier molecular flexibility index (Phi) is 4.81. The smallest absolute Gasteiger partial charge is 0.146 e. The summed E-state index contributed by atoms with van der Waals surface area (Å²) in [7, 11) is 0. The fraction of sp³-hybridized carbons (Fsp3) is 0.625. The predicted molar refractivity (Wildman–Crippen MR) is 79.0 cm³/mol. The Hall–Kier alpha value is -1.09. The Morgan fingerprint density at radius 3 is 2.63 bits per heavy atom. The SMILES string of the molecule is CCC(N)Cc1ccc(N(CC)CC2CC2)c(F)c1. The second kappa shape index (κ2) is 6.38. The lowest BCUT2D eigenvalue weighted by Gasteiger charge is -2.24. The van der Waals surface area contributed by atoms with Crippen LogP contribution in [0.2, 0.25) is 0 Å². The zero-order chi connectivity index (χ0) is 13.8. The number of hydrogen-bond acceptors (Lipinski definition) is 2. The molecule has 0 aromatic heterocycles. The molecule has 1 aliphatic carbocycles. The van der Waals surface area contributed by atoms with E-state index in [0.717, 1.165) is 43.1 Å². The van der Waals surface area contributed by atoms with Gasteiger partial charge in [-0.1, -0.05) is 13.0 Å². The van der Waals surface area contributed by atoms with E-state index in [1.807, 2.05) is 12.1 Å². The van der Waals surface area contributed by atoms with Gasteiger partial charge in [-0.05, 0) is 56.2 Å². The highest BCUT2D eigenvalue weighted by molar-refractivity contribution is 5.49. The number of halogens is 1. The van der Waals surface area contributed by atoms with Crippen LogP contribution in [0.1, 0.15) is 38.7 Å². The molecule has 0 bridgehead atoms. The van der Waals surface area contributed by atoms with Crippen molar-refractivity contribution in [3.63, 3.8) is 0 Å². The van der Waals surface area contributed by atoms with Crippen LogP contribution in [0.15, 0.2) is 18.2 Å². The molecular formula is C16H25FN2. The zero-order valence-electron chi connectivity index (χ0n) is 12.0. The Bertz CT molecular complexity index is 415. The number of nitrogens with zero attached hydrogens (tertiary/aromatic N) is 1. The molecule has 0 spiro atoms. The van der Waals surface area contributed by atoms with Gasteiger partial charge in [0, 0.05) is 19.1 Å². The Balaban J connectivity index is 2.08. The molecule has 0 radical (unpaired) electrons. The minimum Gasteiger partial charge on any atom is -0.369 e. The molecule has 106 valence electrons. The van der Waals surface area contributed by atoms with E-state index in [1.165, 1.54) is 12.8 Å². The molecule has 2 N–H and O–H groups in total. The van der Waals surface area contributed by atoms with Crippen molar-refractivity contribution in [2.24, 2.45) is 11.7 Å². The van der Waals surface area contributed by atoms with Crippen LogP contribution < -0.4 is 10.6 Å². The summed E-state index contributed by atoms with van der Waals surface area (Å²) < 4.78 is 14.2. The van der Waals surface area contributed by atoms with Gasteiger partial charge in [0.25, 0.3) is 0 Å². The molecular weight excluding hydrogens is 239 g/mol. The maximum atomic E-state index is 14.2. The maximum Gasteiger partial charge on any atom is 0.146 e. The van der Waals surface area contributed by atoms with Crippen molar-refractivity contribution in [2.45, 2.75) is 45.6 Å². The molecule has 1 fully saturated rings. The van der Waals surface area contributed by atoms with E-state index in [9.17, 15) is 4.39 Å². The normalized spacial score (nSPS) is 16.4. The van der Waals surface area contributed by atoms with Crippen LogP contribution in [0.4, 0.5) is 10.1 Å². The van der Waals surface area contributed by atoms with Gasteiger partial charge in [-0.3, -0.25) is 0 Å². The molecule has 0 amide bonds. The van der Waals surface area contributed by atoms with Gasteiger partial charge in [0.15, 0.2) is 0 Å². The number of benzene rings is 1. The van der Waals surface area contributed by atoms with E-state index in [1.54, 1.807) is 6.07 Å². The summed E-state index contributed by atoms with van der Waals surface area (Å²) in [6.45, 7) is 6.00. The third-order valence-electron chi connectivity index (χ3n) is 3.93. The summed E-state index contributed by atoms with van der Waals surface area (Å²) in [6.07, 6.45) is 4.26. The summed E-state index contributed by atoms with van der Waals surface area (Å²) in [5.41, 5.74) is 7.66. The lowest BCUT2D eigenvalue weighted by atomic mass is 10.0. The van der Waals surface area contributed by atoms with Gasteiger partial charge in [-0.2, -0.15) is 0 Å². The first kappa shape index (κ1) is 14.3.